The molecule has 0 amide bonds. The Hall–Kier alpha value is -1.02. The predicted octanol–water partition coefficient (Wildman–Crippen LogP) is 3.19. The third-order valence-corrected chi connectivity index (χ3v) is 2.97. The molecule has 0 radical (unpaired) electrons. The van der Waals surface area contributed by atoms with Gasteiger partial charge < -0.3 is 5.11 Å². The van der Waals surface area contributed by atoms with E-state index in [4.69, 9.17) is 5.11 Å². The lowest BCUT2D eigenvalue weighted by Crippen LogP contribution is -2.07. The van der Waals surface area contributed by atoms with Crippen LogP contribution in [0.1, 0.15) is 40.2 Å². The molecule has 2 nitrogen and oxygen atoms in total. The summed E-state index contributed by atoms with van der Waals surface area (Å²) in [6.07, 6.45) is 1.90. The Morgan fingerprint density at radius 1 is 1.38 bits per heavy atom. The van der Waals surface area contributed by atoms with E-state index in [1.807, 2.05) is 0 Å². The number of benzene rings is 1. The van der Waals surface area contributed by atoms with Crippen molar-refractivity contribution in [2.75, 3.05) is 0 Å². The molecule has 1 aromatic carbocycles. The maximum atomic E-state index is 13.1. The number of carboxylic acids is 1. The minimum atomic E-state index is -3.07. The van der Waals surface area contributed by atoms with E-state index >= 15 is 0 Å². The van der Waals surface area contributed by atoms with E-state index in [0.29, 0.717) is 5.56 Å². The normalized spacial score (nSPS) is 16.2. The van der Waals surface area contributed by atoms with E-state index in [2.05, 4.69) is 0 Å². The SMILES string of the molecule is O=C(O)c1cc(C2CC2)cc(C(F)(F)P)c1. The van der Waals surface area contributed by atoms with Crippen LogP contribution in [-0.4, -0.2) is 11.1 Å². The quantitative estimate of drug-likeness (QED) is 0.829. The van der Waals surface area contributed by atoms with Gasteiger partial charge in [0.2, 0.25) is 0 Å². The van der Waals surface area contributed by atoms with E-state index in [1.165, 1.54) is 21.4 Å². The first kappa shape index (κ1) is 11.5. The van der Waals surface area contributed by atoms with Crippen LogP contribution in [0.15, 0.2) is 18.2 Å². The van der Waals surface area contributed by atoms with Crippen molar-refractivity contribution in [3.8, 4) is 0 Å². The Bertz CT molecular complexity index is 436. The van der Waals surface area contributed by atoms with E-state index in [0.717, 1.165) is 18.9 Å². The Morgan fingerprint density at radius 3 is 2.44 bits per heavy atom. The first-order chi connectivity index (χ1) is 7.38. The highest BCUT2D eigenvalue weighted by atomic mass is 31.0. The molecule has 1 aliphatic carbocycles. The largest absolute Gasteiger partial charge is 0.478 e. The molecule has 0 aromatic heterocycles. The van der Waals surface area contributed by atoms with Gasteiger partial charge in [0, 0.05) is 5.56 Å². The Labute approximate surface area is 93.9 Å². The minimum Gasteiger partial charge on any atom is -0.478 e. The smallest absolute Gasteiger partial charge is 0.335 e. The van der Waals surface area contributed by atoms with Gasteiger partial charge >= 0.3 is 5.97 Å². The van der Waals surface area contributed by atoms with Crippen molar-refractivity contribution < 1.29 is 18.7 Å². The van der Waals surface area contributed by atoms with Crippen molar-refractivity contribution in [2.45, 2.75) is 24.4 Å². The van der Waals surface area contributed by atoms with Crippen LogP contribution in [0.25, 0.3) is 0 Å². The van der Waals surface area contributed by atoms with Crippen molar-refractivity contribution >= 4 is 15.2 Å². The fraction of sp³-hybridized carbons (Fsp3) is 0.364. The summed E-state index contributed by atoms with van der Waals surface area (Å²) in [6.45, 7) is 0. The first-order valence-electron chi connectivity index (χ1n) is 4.93. The molecular weight excluding hydrogens is 233 g/mol. The van der Waals surface area contributed by atoms with Gasteiger partial charge in [-0.2, -0.15) is 8.78 Å². The molecule has 16 heavy (non-hydrogen) atoms. The molecule has 1 fully saturated rings. The highest BCUT2D eigenvalue weighted by Crippen LogP contribution is 2.43. The molecule has 0 saturated heterocycles. The molecule has 0 aliphatic heterocycles. The summed E-state index contributed by atoms with van der Waals surface area (Å²) in [5, 5.41) is 8.85. The van der Waals surface area contributed by atoms with Crippen molar-refractivity contribution in [2.24, 2.45) is 0 Å². The van der Waals surface area contributed by atoms with Gasteiger partial charge in [0.15, 0.2) is 0 Å². The monoisotopic (exact) mass is 244 g/mol. The lowest BCUT2D eigenvalue weighted by molar-refractivity contribution is 0.0695. The van der Waals surface area contributed by atoms with Crippen molar-refractivity contribution in [3.05, 3.63) is 34.9 Å². The summed E-state index contributed by atoms with van der Waals surface area (Å²) >= 11 is 0. The number of carboxylic acid groups (broad SMARTS) is 1. The van der Waals surface area contributed by atoms with Gasteiger partial charge in [-0.1, -0.05) is 9.24 Å². The van der Waals surface area contributed by atoms with Crippen LogP contribution in [0.2, 0.25) is 0 Å². The molecule has 1 atom stereocenters. The molecule has 1 N–H and O–H groups in total. The number of aromatic carboxylic acids is 1. The Kier molecular flexibility index (Phi) is 2.70. The fourth-order valence-electron chi connectivity index (χ4n) is 1.62. The van der Waals surface area contributed by atoms with Gasteiger partial charge in [0.05, 0.1) is 5.56 Å². The van der Waals surface area contributed by atoms with Gasteiger partial charge in [0.25, 0.3) is 5.66 Å². The maximum absolute atomic E-state index is 13.1. The van der Waals surface area contributed by atoms with Gasteiger partial charge in [0.1, 0.15) is 0 Å². The third kappa shape index (κ3) is 2.38. The summed E-state index contributed by atoms with van der Waals surface area (Å²) < 4.78 is 26.3. The molecule has 1 saturated carbocycles. The molecule has 1 unspecified atom stereocenters. The molecule has 0 heterocycles. The van der Waals surface area contributed by atoms with E-state index in [9.17, 15) is 13.6 Å². The minimum absolute atomic E-state index is 0.0680. The Balaban J connectivity index is 2.48. The van der Waals surface area contributed by atoms with Crippen LogP contribution >= 0.6 is 9.24 Å². The zero-order valence-electron chi connectivity index (χ0n) is 8.41. The molecule has 1 aliphatic rings. The maximum Gasteiger partial charge on any atom is 0.335 e. The van der Waals surface area contributed by atoms with Crippen LogP contribution in [0.3, 0.4) is 0 Å². The Morgan fingerprint density at radius 2 is 2.00 bits per heavy atom. The molecule has 2 rings (SSSR count). The van der Waals surface area contributed by atoms with Gasteiger partial charge in [-0.3, -0.25) is 0 Å². The van der Waals surface area contributed by atoms with E-state index in [1.54, 1.807) is 0 Å². The molecular formula is C11H11F2O2P. The van der Waals surface area contributed by atoms with Crippen LogP contribution in [-0.2, 0) is 5.66 Å². The summed E-state index contributed by atoms with van der Waals surface area (Å²) in [4.78, 5) is 10.8. The second-order valence-electron chi connectivity index (χ2n) is 4.05. The van der Waals surface area contributed by atoms with E-state index < -0.39 is 11.6 Å². The molecule has 0 spiro atoms. The van der Waals surface area contributed by atoms with Crippen LogP contribution in [0.5, 0.6) is 0 Å². The zero-order valence-corrected chi connectivity index (χ0v) is 9.57. The number of carbonyl (C=O) groups is 1. The first-order valence-corrected chi connectivity index (χ1v) is 5.51. The van der Waals surface area contributed by atoms with Crippen molar-refractivity contribution in [1.82, 2.24) is 0 Å². The van der Waals surface area contributed by atoms with Gasteiger partial charge in [-0.05, 0) is 42.5 Å². The topological polar surface area (TPSA) is 37.3 Å². The average molecular weight is 244 g/mol. The number of rotatable bonds is 3. The highest BCUT2D eigenvalue weighted by molar-refractivity contribution is 7.17. The van der Waals surface area contributed by atoms with Crippen LogP contribution in [0, 0.1) is 0 Å². The molecule has 5 heteroatoms. The van der Waals surface area contributed by atoms with Crippen LogP contribution in [0.4, 0.5) is 8.78 Å². The summed E-state index contributed by atoms with van der Waals surface area (Å²) in [5.41, 5.74) is -2.69. The van der Waals surface area contributed by atoms with Gasteiger partial charge in [-0.25, -0.2) is 4.79 Å². The second kappa shape index (κ2) is 3.77. The lowest BCUT2D eigenvalue weighted by Gasteiger charge is -2.13. The number of hydrogen-bond donors (Lipinski definition) is 1. The predicted molar refractivity (Wildman–Crippen MR) is 59.0 cm³/mol. The van der Waals surface area contributed by atoms with Crippen molar-refractivity contribution in [3.63, 3.8) is 0 Å². The second-order valence-corrected chi connectivity index (χ2v) is 4.77. The van der Waals surface area contributed by atoms with Crippen molar-refractivity contribution in [1.29, 1.82) is 0 Å². The third-order valence-electron chi connectivity index (χ3n) is 2.64. The fourth-order valence-corrected chi connectivity index (χ4v) is 1.79. The average Bonchev–Trinajstić information content (AvgIpc) is 2.98. The van der Waals surface area contributed by atoms with E-state index in [-0.39, 0.29) is 17.0 Å². The number of halogens is 2. The number of hydrogen-bond acceptors (Lipinski definition) is 1. The van der Waals surface area contributed by atoms with Crippen LogP contribution < -0.4 is 0 Å². The highest BCUT2D eigenvalue weighted by Gasteiger charge is 2.30. The summed E-state index contributed by atoms with van der Waals surface area (Å²) in [5.74, 6) is -0.914. The number of alkyl halides is 2. The molecule has 0 bridgehead atoms. The standard InChI is InChI=1S/C11H11F2O2P/c12-11(13,16)9-4-7(6-1-2-6)3-8(5-9)10(14)15/h3-6H,1-2,16H2,(H,14,15). The lowest BCUT2D eigenvalue weighted by atomic mass is 10.0. The molecule has 86 valence electrons. The summed E-state index contributed by atoms with van der Waals surface area (Å²) in [7, 11) is 1.43. The summed E-state index contributed by atoms with van der Waals surface area (Å²) in [6, 6.07) is 3.91. The molecule has 1 aromatic rings. The zero-order chi connectivity index (χ0) is 11.9. The van der Waals surface area contributed by atoms with Gasteiger partial charge in [-0.15, -0.1) is 0 Å².